The zero-order chi connectivity index (χ0) is 25.9. The lowest BCUT2D eigenvalue weighted by Crippen LogP contribution is -2.47. The van der Waals surface area contributed by atoms with Crippen LogP contribution in [0.1, 0.15) is 36.5 Å². The molecule has 2 atom stereocenters. The average molecular weight is 505 g/mol. The van der Waals surface area contributed by atoms with Gasteiger partial charge in [0.15, 0.2) is 0 Å². The maximum atomic E-state index is 12.8. The second-order valence-electron chi connectivity index (χ2n) is 9.24. The molecule has 1 aliphatic heterocycles. The van der Waals surface area contributed by atoms with Crippen LogP contribution in [0.15, 0.2) is 78.9 Å². The molecule has 2 N–H and O–H groups in total. The van der Waals surface area contributed by atoms with Gasteiger partial charge in [0.2, 0.25) is 5.91 Å². The second kappa shape index (κ2) is 13.7. The summed E-state index contributed by atoms with van der Waals surface area (Å²) >= 11 is 0. The maximum absolute atomic E-state index is 12.8. The van der Waals surface area contributed by atoms with E-state index in [1.54, 1.807) is 7.11 Å². The van der Waals surface area contributed by atoms with Crippen LogP contribution in [0.5, 0.6) is 17.2 Å². The summed E-state index contributed by atoms with van der Waals surface area (Å²) in [5.41, 5.74) is 1.84. The molecule has 4 rings (SSSR count). The molecule has 0 radical (unpaired) electrons. The van der Waals surface area contributed by atoms with Crippen molar-refractivity contribution in [2.45, 2.75) is 38.0 Å². The molecule has 1 fully saturated rings. The van der Waals surface area contributed by atoms with Crippen molar-refractivity contribution in [2.24, 2.45) is 0 Å². The van der Waals surface area contributed by atoms with Gasteiger partial charge in [0.1, 0.15) is 30.0 Å². The number of carbonyl (C=O) groups is 1. The molecule has 1 heterocycles. The Morgan fingerprint density at radius 2 is 1.51 bits per heavy atom. The number of likely N-dealkylation sites (tertiary alicyclic amines) is 1. The van der Waals surface area contributed by atoms with Gasteiger partial charge in [-0.3, -0.25) is 4.79 Å². The molecule has 0 aliphatic carbocycles. The van der Waals surface area contributed by atoms with Gasteiger partial charge in [-0.05, 0) is 73.5 Å². The van der Waals surface area contributed by atoms with Crippen molar-refractivity contribution in [2.75, 3.05) is 33.4 Å². The van der Waals surface area contributed by atoms with Crippen LogP contribution in [0.2, 0.25) is 0 Å². The number of nitrogens with one attached hydrogen (secondary N) is 1. The van der Waals surface area contributed by atoms with Gasteiger partial charge in [-0.25, -0.2) is 0 Å². The van der Waals surface area contributed by atoms with Crippen molar-refractivity contribution < 1.29 is 24.1 Å². The molecule has 7 heteroatoms. The summed E-state index contributed by atoms with van der Waals surface area (Å²) in [4.78, 5) is 15.1. The molecule has 7 nitrogen and oxygen atoms in total. The highest BCUT2D eigenvalue weighted by Crippen LogP contribution is 2.23. The molecule has 0 aromatic heterocycles. The summed E-state index contributed by atoms with van der Waals surface area (Å²) in [6.07, 6.45) is 1.64. The normalized spacial score (nSPS) is 15.1. The van der Waals surface area contributed by atoms with Crippen LogP contribution >= 0.6 is 0 Å². The van der Waals surface area contributed by atoms with E-state index in [0.29, 0.717) is 18.9 Å². The van der Waals surface area contributed by atoms with E-state index in [1.165, 1.54) is 0 Å². The van der Waals surface area contributed by atoms with E-state index in [0.717, 1.165) is 48.6 Å². The van der Waals surface area contributed by atoms with E-state index in [9.17, 15) is 9.90 Å². The summed E-state index contributed by atoms with van der Waals surface area (Å²) < 4.78 is 16.7. The van der Waals surface area contributed by atoms with Crippen molar-refractivity contribution in [3.05, 3.63) is 90.0 Å². The molecule has 1 amide bonds. The summed E-state index contributed by atoms with van der Waals surface area (Å²) in [5.74, 6) is 2.01. The minimum absolute atomic E-state index is 0.153. The van der Waals surface area contributed by atoms with Crippen molar-refractivity contribution in [1.82, 2.24) is 10.2 Å². The number of hydrogen-bond acceptors (Lipinski definition) is 6. The Hall–Kier alpha value is -3.55. The fourth-order valence-electron chi connectivity index (χ4n) is 4.41. The van der Waals surface area contributed by atoms with Gasteiger partial charge in [0.05, 0.1) is 26.2 Å². The number of nitrogens with zero attached hydrogens (tertiary/aromatic N) is 1. The van der Waals surface area contributed by atoms with Crippen molar-refractivity contribution in [1.29, 1.82) is 0 Å². The second-order valence-corrected chi connectivity index (χ2v) is 9.24. The lowest BCUT2D eigenvalue weighted by molar-refractivity contribution is -0.123. The Bertz CT molecular complexity index is 1080. The number of ether oxygens (including phenoxy) is 3. The predicted octanol–water partition coefficient (Wildman–Crippen LogP) is 4.36. The maximum Gasteiger partial charge on any atom is 0.223 e. The minimum atomic E-state index is -0.838. The first-order valence-corrected chi connectivity index (χ1v) is 12.8. The van der Waals surface area contributed by atoms with Crippen LogP contribution in [0.3, 0.4) is 0 Å². The Morgan fingerprint density at radius 1 is 0.892 bits per heavy atom. The van der Waals surface area contributed by atoms with E-state index in [4.69, 9.17) is 14.2 Å². The number of rotatable bonds is 13. The van der Waals surface area contributed by atoms with E-state index >= 15 is 0 Å². The van der Waals surface area contributed by atoms with Crippen LogP contribution in [-0.4, -0.2) is 55.3 Å². The molecule has 0 saturated carbocycles. The van der Waals surface area contributed by atoms with E-state index in [2.05, 4.69) is 10.2 Å². The highest BCUT2D eigenvalue weighted by molar-refractivity contribution is 5.76. The Kier molecular flexibility index (Phi) is 9.80. The summed E-state index contributed by atoms with van der Waals surface area (Å²) in [7, 11) is 1.61. The Labute approximate surface area is 219 Å². The third-order valence-electron chi connectivity index (χ3n) is 6.51. The highest BCUT2D eigenvalue weighted by Gasteiger charge is 2.26. The third-order valence-corrected chi connectivity index (χ3v) is 6.51. The number of amides is 1. The van der Waals surface area contributed by atoms with Crippen LogP contribution in [0, 0.1) is 0 Å². The number of aliphatic hydroxyl groups excluding tert-OH is 1. The summed E-state index contributed by atoms with van der Waals surface area (Å²) in [5, 5.41) is 14.3. The largest absolute Gasteiger partial charge is 0.497 e. The molecule has 37 heavy (non-hydrogen) atoms. The molecule has 0 spiro atoms. The first-order chi connectivity index (χ1) is 18.1. The number of benzene rings is 3. The molecule has 0 bridgehead atoms. The van der Waals surface area contributed by atoms with Gasteiger partial charge in [-0.15, -0.1) is 0 Å². The van der Waals surface area contributed by atoms with Gasteiger partial charge in [-0.1, -0.05) is 42.5 Å². The molecule has 0 unspecified atom stereocenters. The highest BCUT2D eigenvalue weighted by atomic mass is 16.5. The molecule has 196 valence electrons. The zero-order valence-corrected chi connectivity index (χ0v) is 21.3. The van der Waals surface area contributed by atoms with Crippen LogP contribution in [-0.2, 0) is 11.4 Å². The van der Waals surface area contributed by atoms with Gasteiger partial charge < -0.3 is 29.5 Å². The van der Waals surface area contributed by atoms with Gasteiger partial charge in [0.25, 0.3) is 0 Å². The smallest absolute Gasteiger partial charge is 0.223 e. The topological polar surface area (TPSA) is 80.3 Å². The van der Waals surface area contributed by atoms with E-state index < -0.39 is 12.1 Å². The first kappa shape index (κ1) is 26.5. The molecular weight excluding hydrogens is 468 g/mol. The number of hydrogen-bond donors (Lipinski definition) is 2. The standard InChI is InChI=1S/C30H36N2O5/c1-35-25-13-15-26(16-14-25)36-20-17-29(33)31-28(21-32-18-5-6-19-32)30(34)24-9-11-27(12-10-24)37-22-23-7-3-2-4-8-23/h2-4,7-16,28,30,34H,5-6,17-22H2,1H3,(H,31,33)/t28-,30-/m1/s1. The first-order valence-electron chi connectivity index (χ1n) is 12.8. The lowest BCUT2D eigenvalue weighted by atomic mass is 10.0. The van der Waals surface area contributed by atoms with Crippen LogP contribution in [0.4, 0.5) is 0 Å². The van der Waals surface area contributed by atoms with Gasteiger partial charge in [-0.2, -0.15) is 0 Å². The molecule has 1 saturated heterocycles. The number of aliphatic hydroxyl groups is 1. The SMILES string of the molecule is COc1ccc(OCCC(=O)N[C@H](CN2CCCC2)[C@H](O)c2ccc(OCc3ccccc3)cc2)cc1. The molecular formula is C30H36N2O5. The predicted molar refractivity (Wildman–Crippen MR) is 143 cm³/mol. The van der Waals surface area contributed by atoms with Gasteiger partial charge >= 0.3 is 0 Å². The molecule has 3 aromatic rings. The summed E-state index contributed by atoms with van der Waals surface area (Å²) in [6.45, 7) is 3.28. The van der Waals surface area contributed by atoms with E-state index in [-0.39, 0.29) is 18.9 Å². The van der Waals surface area contributed by atoms with E-state index in [1.807, 2.05) is 78.9 Å². The fraction of sp³-hybridized carbons (Fsp3) is 0.367. The quantitative estimate of drug-likeness (QED) is 0.360. The summed E-state index contributed by atoms with van der Waals surface area (Å²) in [6, 6.07) is 24.3. The molecule has 1 aliphatic rings. The van der Waals surface area contributed by atoms with Crippen molar-refractivity contribution in [3.63, 3.8) is 0 Å². The van der Waals surface area contributed by atoms with Gasteiger partial charge in [0, 0.05) is 6.54 Å². The van der Waals surface area contributed by atoms with Crippen molar-refractivity contribution in [3.8, 4) is 17.2 Å². The van der Waals surface area contributed by atoms with Crippen LogP contribution in [0.25, 0.3) is 0 Å². The van der Waals surface area contributed by atoms with Crippen molar-refractivity contribution >= 4 is 5.91 Å². The zero-order valence-electron chi connectivity index (χ0n) is 21.3. The van der Waals surface area contributed by atoms with Crippen LogP contribution < -0.4 is 19.5 Å². The monoisotopic (exact) mass is 504 g/mol. The number of methoxy groups -OCH3 is 1. The average Bonchev–Trinajstić information content (AvgIpc) is 3.46. The third kappa shape index (κ3) is 8.23. The Balaban J connectivity index is 1.32. The molecule has 3 aromatic carbocycles. The lowest BCUT2D eigenvalue weighted by Gasteiger charge is -2.29. The fourth-order valence-corrected chi connectivity index (χ4v) is 4.41. The number of carbonyl (C=O) groups excluding carboxylic acids is 1. The Morgan fingerprint density at radius 3 is 2.19 bits per heavy atom. The minimum Gasteiger partial charge on any atom is -0.497 e.